The third-order valence-electron chi connectivity index (χ3n) is 2.68. The van der Waals surface area contributed by atoms with E-state index in [1.165, 1.54) is 4.68 Å². The molecule has 0 aliphatic carbocycles. The zero-order chi connectivity index (χ0) is 12.4. The minimum atomic E-state index is -0.140. The molecule has 0 aliphatic heterocycles. The van der Waals surface area contributed by atoms with Crippen LogP contribution in [0.2, 0.25) is 0 Å². The molecule has 0 bridgehead atoms. The Labute approximate surface area is 103 Å². The molecule has 5 heteroatoms. The highest BCUT2D eigenvalue weighted by molar-refractivity contribution is 5.95. The summed E-state index contributed by atoms with van der Waals surface area (Å²) >= 11 is 0. The molecule has 0 saturated carbocycles. The smallest absolute Gasteiger partial charge is 0.278 e. The van der Waals surface area contributed by atoms with Crippen molar-refractivity contribution in [2.24, 2.45) is 0 Å². The maximum atomic E-state index is 12.0. The zero-order valence-electron chi connectivity index (χ0n) is 9.45. The topological polar surface area (TPSA) is 63.6 Å². The van der Waals surface area contributed by atoms with Gasteiger partial charge in [0.25, 0.3) is 5.91 Å². The molecule has 5 nitrogen and oxygen atoms in total. The van der Waals surface area contributed by atoms with Crippen molar-refractivity contribution >= 4 is 5.91 Å². The standard InChI is InChI=1S/C13H10N4O/c18-13(17-7-1-6-16-17)11-4-2-10(3-5-11)12-8-14-15-9-12/h1-9H,(H,14,15). The molecular weight excluding hydrogens is 228 g/mol. The quantitative estimate of drug-likeness (QED) is 0.742. The van der Waals surface area contributed by atoms with Crippen molar-refractivity contribution in [3.8, 4) is 11.1 Å². The molecule has 3 rings (SSSR count). The Balaban J connectivity index is 1.90. The van der Waals surface area contributed by atoms with Crippen LogP contribution < -0.4 is 0 Å². The molecule has 1 aromatic carbocycles. The summed E-state index contributed by atoms with van der Waals surface area (Å²) in [4.78, 5) is 12.0. The van der Waals surface area contributed by atoms with Crippen LogP contribution in [-0.4, -0.2) is 25.9 Å². The van der Waals surface area contributed by atoms with Crippen LogP contribution >= 0.6 is 0 Å². The highest BCUT2D eigenvalue weighted by atomic mass is 16.2. The molecule has 0 unspecified atom stereocenters. The molecule has 0 amide bonds. The van der Waals surface area contributed by atoms with Crippen molar-refractivity contribution in [1.29, 1.82) is 0 Å². The lowest BCUT2D eigenvalue weighted by atomic mass is 10.1. The van der Waals surface area contributed by atoms with E-state index in [4.69, 9.17) is 0 Å². The lowest BCUT2D eigenvalue weighted by Gasteiger charge is -2.02. The molecule has 0 spiro atoms. The van der Waals surface area contributed by atoms with Gasteiger partial charge < -0.3 is 0 Å². The first-order chi connectivity index (χ1) is 8.84. The fourth-order valence-electron chi connectivity index (χ4n) is 1.74. The summed E-state index contributed by atoms with van der Waals surface area (Å²) in [5, 5.41) is 10.6. The van der Waals surface area contributed by atoms with Gasteiger partial charge in [0.2, 0.25) is 0 Å². The molecule has 0 aliphatic rings. The maximum absolute atomic E-state index is 12.0. The summed E-state index contributed by atoms with van der Waals surface area (Å²) in [5.74, 6) is -0.140. The van der Waals surface area contributed by atoms with Gasteiger partial charge in [0, 0.05) is 29.7 Å². The molecule has 1 N–H and O–H groups in total. The molecule has 2 heterocycles. The predicted molar refractivity (Wildman–Crippen MR) is 66.0 cm³/mol. The number of benzene rings is 1. The Morgan fingerprint density at radius 1 is 1.17 bits per heavy atom. The molecule has 0 radical (unpaired) electrons. The van der Waals surface area contributed by atoms with Gasteiger partial charge in [-0.05, 0) is 23.8 Å². The molecule has 0 fully saturated rings. The number of aromatic amines is 1. The van der Waals surface area contributed by atoms with Crippen molar-refractivity contribution < 1.29 is 4.79 Å². The van der Waals surface area contributed by atoms with Gasteiger partial charge in [-0.15, -0.1) is 0 Å². The Morgan fingerprint density at radius 3 is 2.61 bits per heavy atom. The second-order valence-electron chi connectivity index (χ2n) is 3.82. The van der Waals surface area contributed by atoms with Gasteiger partial charge in [0.15, 0.2) is 0 Å². The molecular formula is C13H10N4O. The maximum Gasteiger partial charge on any atom is 0.278 e. The Bertz CT molecular complexity index is 639. The van der Waals surface area contributed by atoms with Crippen LogP contribution in [0.5, 0.6) is 0 Å². The first-order valence-corrected chi connectivity index (χ1v) is 5.48. The average molecular weight is 238 g/mol. The molecule has 18 heavy (non-hydrogen) atoms. The number of hydrogen-bond donors (Lipinski definition) is 1. The van der Waals surface area contributed by atoms with Crippen LogP contribution in [0, 0.1) is 0 Å². The van der Waals surface area contributed by atoms with Gasteiger partial charge in [0.1, 0.15) is 0 Å². The second-order valence-corrected chi connectivity index (χ2v) is 3.82. The van der Waals surface area contributed by atoms with E-state index in [0.29, 0.717) is 5.56 Å². The minimum absolute atomic E-state index is 0.140. The van der Waals surface area contributed by atoms with E-state index in [1.807, 2.05) is 18.3 Å². The Morgan fingerprint density at radius 2 is 2.00 bits per heavy atom. The van der Waals surface area contributed by atoms with Crippen LogP contribution in [0.1, 0.15) is 10.4 Å². The van der Waals surface area contributed by atoms with Crippen molar-refractivity contribution in [2.45, 2.75) is 0 Å². The third kappa shape index (κ3) is 1.82. The van der Waals surface area contributed by atoms with E-state index >= 15 is 0 Å². The lowest BCUT2D eigenvalue weighted by molar-refractivity contribution is 0.0945. The van der Waals surface area contributed by atoms with Crippen molar-refractivity contribution in [3.05, 3.63) is 60.7 Å². The third-order valence-corrected chi connectivity index (χ3v) is 2.68. The largest absolute Gasteiger partial charge is 0.285 e. The molecule has 0 saturated heterocycles. The number of rotatable bonds is 2. The van der Waals surface area contributed by atoms with E-state index in [2.05, 4.69) is 15.3 Å². The van der Waals surface area contributed by atoms with Gasteiger partial charge >= 0.3 is 0 Å². The number of aromatic nitrogens is 4. The van der Waals surface area contributed by atoms with E-state index in [9.17, 15) is 4.79 Å². The summed E-state index contributed by atoms with van der Waals surface area (Å²) in [5.41, 5.74) is 2.61. The molecule has 3 aromatic rings. The van der Waals surface area contributed by atoms with E-state index in [1.54, 1.807) is 36.8 Å². The monoisotopic (exact) mass is 238 g/mol. The summed E-state index contributed by atoms with van der Waals surface area (Å²) in [7, 11) is 0. The van der Waals surface area contributed by atoms with Crippen LogP contribution in [0.4, 0.5) is 0 Å². The summed E-state index contributed by atoms with van der Waals surface area (Å²) < 4.78 is 1.31. The number of hydrogen-bond acceptors (Lipinski definition) is 3. The highest BCUT2D eigenvalue weighted by Crippen LogP contribution is 2.18. The molecule has 2 aromatic heterocycles. The number of nitrogens with one attached hydrogen (secondary N) is 1. The Hall–Kier alpha value is -2.69. The SMILES string of the molecule is O=C(c1ccc(-c2cn[nH]c2)cc1)n1cccn1. The van der Waals surface area contributed by atoms with Crippen LogP contribution in [0.15, 0.2) is 55.1 Å². The van der Waals surface area contributed by atoms with Crippen molar-refractivity contribution in [2.75, 3.05) is 0 Å². The first-order valence-electron chi connectivity index (χ1n) is 5.48. The van der Waals surface area contributed by atoms with Gasteiger partial charge in [-0.2, -0.15) is 10.2 Å². The zero-order valence-corrected chi connectivity index (χ0v) is 9.45. The predicted octanol–water partition coefficient (Wildman–Crippen LogP) is 1.96. The van der Waals surface area contributed by atoms with Crippen molar-refractivity contribution in [1.82, 2.24) is 20.0 Å². The first kappa shape index (κ1) is 10.5. The summed E-state index contributed by atoms with van der Waals surface area (Å²) in [6, 6.07) is 9.07. The highest BCUT2D eigenvalue weighted by Gasteiger charge is 2.08. The number of carbonyl (C=O) groups excluding carboxylic acids is 1. The number of carbonyl (C=O) groups is 1. The fourth-order valence-corrected chi connectivity index (χ4v) is 1.74. The number of H-pyrrole nitrogens is 1. The van der Waals surface area contributed by atoms with Crippen LogP contribution in [0.25, 0.3) is 11.1 Å². The van der Waals surface area contributed by atoms with Gasteiger partial charge in [-0.1, -0.05) is 12.1 Å². The minimum Gasteiger partial charge on any atom is -0.285 e. The molecule has 0 atom stereocenters. The van der Waals surface area contributed by atoms with Crippen LogP contribution in [0.3, 0.4) is 0 Å². The van der Waals surface area contributed by atoms with E-state index in [0.717, 1.165) is 11.1 Å². The van der Waals surface area contributed by atoms with Gasteiger partial charge in [-0.25, -0.2) is 4.68 Å². The summed E-state index contributed by atoms with van der Waals surface area (Å²) in [6.07, 6.45) is 6.76. The van der Waals surface area contributed by atoms with E-state index < -0.39 is 0 Å². The van der Waals surface area contributed by atoms with Gasteiger partial charge in [0.05, 0.1) is 6.20 Å². The van der Waals surface area contributed by atoms with Crippen LogP contribution in [-0.2, 0) is 0 Å². The fraction of sp³-hybridized carbons (Fsp3) is 0. The molecule has 88 valence electrons. The Kier molecular flexibility index (Phi) is 2.49. The second kappa shape index (κ2) is 4.29. The summed E-state index contributed by atoms with van der Waals surface area (Å²) in [6.45, 7) is 0. The average Bonchev–Trinajstić information content (AvgIpc) is 3.11. The van der Waals surface area contributed by atoms with Crippen molar-refractivity contribution in [3.63, 3.8) is 0 Å². The number of nitrogens with zero attached hydrogens (tertiary/aromatic N) is 3. The lowest BCUT2D eigenvalue weighted by Crippen LogP contribution is -2.11. The van der Waals surface area contributed by atoms with E-state index in [-0.39, 0.29) is 5.91 Å². The van der Waals surface area contributed by atoms with Gasteiger partial charge in [-0.3, -0.25) is 9.89 Å². The normalized spacial score (nSPS) is 10.4.